The topological polar surface area (TPSA) is 35.5 Å². The lowest BCUT2D eigenvalue weighted by Gasteiger charge is -2.37. The molecule has 1 fully saturated rings. The molecule has 0 spiro atoms. The van der Waals surface area contributed by atoms with Crippen molar-refractivity contribution < 1.29 is 5.11 Å². The van der Waals surface area contributed by atoms with Crippen LogP contribution in [0.1, 0.15) is 19.3 Å². The van der Waals surface area contributed by atoms with Gasteiger partial charge in [-0.2, -0.15) is 0 Å². The lowest BCUT2D eigenvalue weighted by Crippen LogP contribution is -2.47. The zero-order valence-corrected chi connectivity index (χ0v) is 8.14. The minimum atomic E-state index is -0.435. The molecule has 0 saturated carbocycles. The largest absolute Gasteiger partial charge is 0.389 e. The van der Waals surface area contributed by atoms with Crippen LogP contribution in [0.2, 0.25) is 0 Å². The summed E-state index contributed by atoms with van der Waals surface area (Å²) >= 11 is 0. The third-order valence-electron chi connectivity index (χ3n) is 2.59. The van der Waals surface area contributed by atoms with E-state index in [1.54, 1.807) is 0 Å². The Labute approximate surface area is 74.8 Å². The van der Waals surface area contributed by atoms with Crippen molar-refractivity contribution in [2.45, 2.75) is 24.9 Å². The van der Waals surface area contributed by atoms with E-state index in [0.29, 0.717) is 0 Å². The lowest BCUT2D eigenvalue weighted by atomic mass is 9.90. The molecule has 0 aromatic heterocycles. The molecule has 1 atom stereocenters. The van der Waals surface area contributed by atoms with Gasteiger partial charge in [-0.1, -0.05) is 0 Å². The fourth-order valence-electron chi connectivity index (χ4n) is 1.90. The molecule has 3 nitrogen and oxygen atoms in total. The standard InChI is InChI=1S/C9H20N2O/c1-10-6-5-9(12)4-3-7-11(2)8-9/h10,12H,3-8H2,1-2H3. The van der Waals surface area contributed by atoms with Crippen LogP contribution < -0.4 is 5.32 Å². The first-order valence-corrected chi connectivity index (χ1v) is 4.72. The summed E-state index contributed by atoms with van der Waals surface area (Å²) in [6.07, 6.45) is 2.95. The molecular formula is C9H20N2O. The second kappa shape index (κ2) is 4.21. The quantitative estimate of drug-likeness (QED) is 0.631. The van der Waals surface area contributed by atoms with Crippen LogP contribution in [0.15, 0.2) is 0 Å². The molecule has 0 bridgehead atoms. The fourth-order valence-corrected chi connectivity index (χ4v) is 1.90. The molecule has 1 rings (SSSR count). The Morgan fingerprint density at radius 3 is 2.92 bits per heavy atom. The van der Waals surface area contributed by atoms with Gasteiger partial charge in [0.2, 0.25) is 0 Å². The first-order chi connectivity index (χ1) is 5.66. The van der Waals surface area contributed by atoms with Crippen LogP contribution in [0.25, 0.3) is 0 Å². The third-order valence-corrected chi connectivity index (χ3v) is 2.59. The van der Waals surface area contributed by atoms with Crippen LogP contribution in [0.5, 0.6) is 0 Å². The van der Waals surface area contributed by atoms with Crippen LogP contribution >= 0.6 is 0 Å². The summed E-state index contributed by atoms with van der Waals surface area (Å²) < 4.78 is 0. The number of hydrogen-bond acceptors (Lipinski definition) is 3. The van der Waals surface area contributed by atoms with E-state index in [4.69, 9.17) is 0 Å². The van der Waals surface area contributed by atoms with Crippen LogP contribution in [-0.4, -0.2) is 49.3 Å². The number of hydrogen-bond donors (Lipinski definition) is 2. The van der Waals surface area contributed by atoms with Crippen LogP contribution in [0, 0.1) is 0 Å². The van der Waals surface area contributed by atoms with Crippen LogP contribution in [0.3, 0.4) is 0 Å². The molecule has 1 aliphatic rings. The van der Waals surface area contributed by atoms with Crippen molar-refractivity contribution in [2.75, 3.05) is 33.7 Å². The number of likely N-dealkylation sites (N-methyl/N-ethyl adjacent to an activating group) is 1. The molecule has 1 heterocycles. The molecule has 12 heavy (non-hydrogen) atoms. The first kappa shape index (κ1) is 9.96. The van der Waals surface area contributed by atoms with Gasteiger partial charge in [-0.05, 0) is 46.4 Å². The van der Waals surface area contributed by atoms with E-state index >= 15 is 0 Å². The van der Waals surface area contributed by atoms with Gasteiger partial charge in [-0.25, -0.2) is 0 Å². The van der Waals surface area contributed by atoms with Gasteiger partial charge in [-0.3, -0.25) is 0 Å². The third kappa shape index (κ3) is 2.73. The summed E-state index contributed by atoms with van der Waals surface area (Å²) in [6.45, 7) is 2.86. The Bertz CT molecular complexity index is 140. The highest BCUT2D eigenvalue weighted by Gasteiger charge is 2.30. The van der Waals surface area contributed by atoms with E-state index in [2.05, 4.69) is 17.3 Å². The molecular weight excluding hydrogens is 152 g/mol. The summed E-state index contributed by atoms with van der Waals surface area (Å²) in [6, 6.07) is 0. The van der Waals surface area contributed by atoms with Crippen molar-refractivity contribution in [1.29, 1.82) is 0 Å². The predicted octanol–water partition coefficient (Wildman–Crippen LogP) is 0.0526. The summed E-state index contributed by atoms with van der Waals surface area (Å²) in [5, 5.41) is 13.2. The van der Waals surface area contributed by atoms with Crippen molar-refractivity contribution in [2.24, 2.45) is 0 Å². The molecule has 2 N–H and O–H groups in total. The molecule has 1 unspecified atom stereocenters. The van der Waals surface area contributed by atoms with Gasteiger partial charge in [0.05, 0.1) is 5.60 Å². The van der Waals surface area contributed by atoms with Crippen molar-refractivity contribution in [1.82, 2.24) is 10.2 Å². The second-order valence-electron chi connectivity index (χ2n) is 3.92. The van der Waals surface area contributed by atoms with Crippen LogP contribution in [-0.2, 0) is 0 Å². The number of nitrogens with zero attached hydrogens (tertiary/aromatic N) is 1. The number of nitrogens with one attached hydrogen (secondary N) is 1. The average molecular weight is 172 g/mol. The fraction of sp³-hybridized carbons (Fsp3) is 1.00. The normalized spacial score (nSPS) is 32.2. The minimum absolute atomic E-state index is 0.435. The summed E-state index contributed by atoms with van der Waals surface area (Å²) in [5.41, 5.74) is -0.435. The molecule has 0 radical (unpaired) electrons. The van der Waals surface area contributed by atoms with Gasteiger partial charge >= 0.3 is 0 Å². The Kier molecular flexibility index (Phi) is 3.50. The van der Waals surface area contributed by atoms with E-state index < -0.39 is 5.60 Å². The molecule has 1 aliphatic heterocycles. The van der Waals surface area contributed by atoms with Gasteiger partial charge in [0.15, 0.2) is 0 Å². The Balaban J connectivity index is 2.35. The van der Waals surface area contributed by atoms with Gasteiger partial charge in [-0.15, -0.1) is 0 Å². The molecule has 0 amide bonds. The van der Waals surface area contributed by atoms with Gasteiger partial charge in [0.1, 0.15) is 0 Å². The summed E-state index contributed by atoms with van der Waals surface area (Å²) in [7, 11) is 4.00. The predicted molar refractivity (Wildman–Crippen MR) is 50.2 cm³/mol. The zero-order valence-electron chi connectivity index (χ0n) is 8.14. The van der Waals surface area contributed by atoms with E-state index in [1.165, 1.54) is 0 Å². The monoisotopic (exact) mass is 172 g/mol. The highest BCUT2D eigenvalue weighted by atomic mass is 16.3. The molecule has 0 aliphatic carbocycles. The average Bonchev–Trinajstić information content (AvgIpc) is 2.01. The molecule has 0 aromatic carbocycles. The van der Waals surface area contributed by atoms with Crippen LogP contribution in [0.4, 0.5) is 0 Å². The highest BCUT2D eigenvalue weighted by molar-refractivity contribution is 4.86. The lowest BCUT2D eigenvalue weighted by molar-refractivity contribution is -0.0285. The zero-order chi connectivity index (χ0) is 9.03. The van der Waals surface area contributed by atoms with Crippen molar-refractivity contribution in [3.63, 3.8) is 0 Å². The maximum Gasteiger partial charge on any atom is 0.0786 e. The van der Waals surface area contributed by atoms with E-state index in [0.717, 1.165) is 38.9 Å². The second-order valence-corrected chi connectivity index (χ2v) is 3.92. The first-order valence-electron chi connectivity index (χ1n) is 4.72. The maximum absolute atomic E-state index is 10.1. The minimum Gasteiger partial charge on any atom is -0.389 e. The number of likely N-dealkylation sites (tertiary alicyclic amines) is 1. The van der Waals surface area contributed by atoms with Crippen molar-refractivity contribution >= 4 is 0 Å². The smallest absolute Gasteiger partial charge is 0.0786 e. The van der Waals surface area contributed by atoms with Crippen molar-refractivity contribution in [3.05, 3.63) is 0 Å². The van der Waals surface area contributed by atoms with E-state index in [1.807, 2.05) is 7.05 Å². The Morgan fingerprint density at radius 2 is 2.33 bits per heavy atom. The van der Waals surface area contributed by atoms with E-state index in [9.17, 15) is 5.11 Å². The Hall–Kier alpha value is -0.120. The van der Waals surface area contributed by atoms with Gasteiger partial charge in [0.25, 0.3) is 0 Å². The maximum atomic E-state index is 10.1. The number of piperidine rings is 1. The Morgan fingerprint density at radius 1 is 1.58 bits per heavy atom. The molecule has 0 aromatic rings. The SMILES string of the molecule is CNCCC1(O)CCCN(C)C1. The molecule has 3 heteroatoms. The molecule has 72 valence electrons. The van der Waals surface area contributed by atoms with Gasteiger partial charge < -0.3 is 15.3 Å². The highest BCUT2D eigenvalue weighted by Crippen LogP contribution is 2.22. The van der Waals surface area contributed by atoms with Gasteiger partial charge in [0, 0.05) is 6.54 Å². The number of rotatable bonds is 3. The van der Waals surface area contributed by atoms with E-state index in [-0.39, 0.29) is 0 Å². The van der Waals surface area contributed by atoms with Crippen molar-refractivity contribution in [3.8, 4) is 0 Å². The summed E-state index contributed by atoms with van der Waals surface area (Å²) in [5.74, 6) is 0. The number of aliphatic hydroxyl groups is 1. The molecule has 1 saturated heterocycles. The number of β-amino-alcohol motifs (C(OH)–C–C–N with tert-alkyl or cyclic N) is 1. The summed E-state index contributed by atoms with van der Waals surface area (Å²) in [4.78, 5) is 2.21.